The molecule has 1 aliphatic carbocycles. The Kier molecular flexibility index (Phi) is 4.57. The molecule has 0 saturated heterocycles. The van der Waals surface area contributed by atoms with E-state index in [1.54, 1.807) is 6.07 Å². The van der Waals surface area contributed by atoms with Gasteiger partial charge in [-0.2, -0.15) is 4.98 Å². The predicted octanol–water partition coefficient (Wildman–Crippen LogP) is 1.31. The van der Waals surface area contributed by atoms with Crippen LogP contribution in [-0.2, 0) is 11.3 Å². The Morgan fingerprint density at radius 3 is 3.00 bits per heavy atom. The Morgan fingerprint density at radius 2 is 2.26 bits per heavy atom. The molecule has 0 radical (unpaired) electrons. The van der Waals surface area contributed by atoms with E-state index >= 15 is 0 Å². The van der Waals surface area contributed by atoms with Crippen molar-refractivity contribution in [3.05, 3.63) is 41.5 Å². The van der Waals surface area contributed by atoms with E-state index in [4.69, 9.17) is 9.26 Å². The number of hydrogen-bond acceptors (Lipinski definition) is 6. The molecule has 1 saturated carbocycles. The van der Waals surface area contributed by atoms with E-state index in [1.165, 1.54) is 0 Å². The maximum absolute atomic E-state index is 11.8. The number of amides is 1. The summed E-state index contributed by atoms with van der Waals surface area (Å²) in [6.07, 6.45) is 0.885. The molecule has 1 aromatic carbocycles. The number of carbonyl (C=O) groups is 1. The molecule has 7 nitrogen and oxygen atoms in total. The van der Waals surface area contributed by atoms with E-state index in [0.717, 1.165) is 18.4 Å². The third-order valence-corrected chi connectivity index (χ3v) is 3.62. The molecule has 1 aliphatic rings. The highest BCUT2D eigenvalue weighted by Gasteiger charge is 2.29. The number of aromatic nitrogens is 2. The summed E-state index contributed by atoms with van der Waals surface area (Å²) in [7, 11) is 0. The normalized spacial score (nSPS) is 15.2. The van der Waals surface area contributed by atoms with Crippen molar-refractivity contribution in [3.8, 4) is 5.75 Å². The SMILES string of the molecule is Cc1ccccc1OCC(O)C(=O)NCc1noc(C2CC2)n1. The van der Waals surface area contributed by atoms with Gasteiger partial charge in [-0.15, -0.1) is 0 Å². The molecule has 1 aromatic heterocycles. The van der Waals surface area contributed by atoms with Crippen LogP contribution in [0.25, 0.3) is 0 Å². The molecular weight excluding hydrogens is 298 g/mol. The van der Waals surface area contributed by atoms with Gasteiger partial charge in [-0.3, -0.25) is 4.79 Å². The van der Waals surface area contributed by atoms with E-state index in [0.29, 0.717) is 23.4 Å². The highest BCUT2D eigenvalue weighted by Crippen LogP contribution is 2.38. The number of nitrogens with zero attached hydrogens (tertiary/aromatic N) is 2. The molecular formula is C16H19N3O4. The minimum absolute atomic E-state index is 0.115. The van der Waals surface area contributed by atoms with Gasteiger partial charge in [-0.1, -0.05) is 23.4 Å². The minimum Gasteiger partial charge on any atom is -0.490 e. The average Bonchev–Trinajstić information content (AvgIpc) is 3.30. The first kappa shape index (κ1) is 15.5. The lowest BCUT2D eigenvalue weighted by Gasteiger charge is -2.13. The molecule has 0 spiro atoms. The zero-order valence-electron chi connectivity index (χ0n) is 12.9. The van der Waals surface area contributed by atoms with Crippen LogP contribution in [0.3, 0.4) is 0 Å². The monoisotopic (exact) mass is 317 g/mol. The van der Waals surface area contributed by atoms with Crippen LogP contribution in [0.4, 0.5) is 0 Å². The number of nitrogens with one attached hydrogen (secondary N) is 1. The van der Waals surface area contributed by atoms with Crippen molar-refractivity contribution in [2.45, 2.75) is 38.3 Å². The van der Waals surface area contributed by atoms with Crippen molar-refractivity contribution >= 4 is 5.91 Å². The van der Waals surface area contributed by atoms with Crippen molar-refractivity contribution in [3.63, 3.8) is 0 Å². The zero-order valence-corrected chi connectivity index (χ0v) is 12.9. The molecule has 0 aliphatic heterocycles. The topological polar surface area (TPSA) is 97.5 Å². The van der Waals surface area contributed by atoms with Crippen molar-refractivity contribution < 1.29 is 19.2 Å². The van der Waals surface area contributed by atoms with Gasteiger partial charge in [0.2, 0.25) is 5.89 Å². The van der Waals surface area contributed by atoms with Crippen LogP contribution >= 0.6 is 0 Å². The number of para-hydroxylation sites is 1. The Balaban J connectivity index is 1.44. The molecule has 1 unspecified atom stereocenters. The van der Waals surface area contributed by atoms with Crippen LogP contribution in [0.5, 0.6) is 5.75 Å². The molecule has 1 fully saturated rings. The third-order valence-electron chi connectivity index (χ3n) is 3.62. The number of carbonyl (C=O) groups excluding carboxylic acids is 1. The third kappa shape index (κ3) is 4.07. The van der Waals surface area contributed by atoms with Gasteiger partial charge in [-0.05, 0) is 31.4 Å². The molecule has 1 heterocycles. The van der Waals surface area contributed by atoms with Crippen LogP contribution in [-0.4, -0.2) is 33.9 Å². The van der Waals surface area contributed by atoms with Crippen LogP contribution < -0.4 is 10.1 Å². The van der Waals surface area contributed by atoms with Gasteiger partial charge in [-0.25, -0.2) is 0 Å². The summed E-state index contributed by atoms with van der Waals surface area (Å²) in [5.74, 6) is 1.52. The summed E-state index contributed by atoms with van der Waals surface area (Å²) in [4.78, 5) is 16.1. The van der Waals surface area contributed by atoms with Crippen molar-refractivity contribution in [2.24, 2.45) is 0 Å². The lowest BCUT2D eigenvalue weighted by Crippen LogP contribution is -2.38. The first-order valence-electron chi connectivity index (χ1n) is 7.60. The lowest BCUT2D eigenvalue weighted by atomic mass is 10.2. The highest BCUT2D eigenvalue weighted by molar-refractivity contribution is 5.80. The number of hydrogen-bond donors (Lipinski definition) is 2. The number of rotatable bonds is 7. The standard InChI is InChI=1S/C16H19N3O4/c1-10-4-2-3-5-13(10)22-9-12(20)15(21)17-8-14-18-16(23-19-14)11-6-7-11/h2-5,11-12,20H,6-9H2,1H3,(H,17,21). The first-order chi connectivity index (χ1) is 11.1. The van der Waals surface area contributed by atoms with Gasteiger partial charge >= 0.3 is 0 Å². The Bertz CT molecular complexity index is 681. The molecule has 7 heteroatoms. The van der Waals surface area contributed by atoms with E-state index in [1.807, 2.05) is 25.1 Å². The number of aliphatic hydroxyl groups excluding tert-OH is 1. The number of benzene rings is 1. The van der Waals surface area contributed by atoms with Gasteiger partial charge in [0.15, 0.2) is 11.9 Å². The Hall–Kier alpha value is -2.41. The smallest absolute Gasteiger partial charge is 0.252 e. The number of aryl methyl sites for hydroxylation is 1. The maximum Gasteiger partial charge on any atom is 0.252 e. The second-order valence-corrected chi connectivity index (χ2v) is 5.63. The highest BCUT2D eigenvalue weighted by atomic mass is 16.5. The first-order valence-corrected chi connectivity index (χ1v) is 7.60. The average molecular weight is 317 g/mol. The van der Waals surface area contributed by atoms with Crippen LogP contribution in [0.15, 0.2) is 28.8 Å². The Morgan fingerprint density at radius 1 is 1.48 bits per heavy atom. The van der Waals surface area contributed by atoms with Crippen LogP contribution in [0, 0.1) is 6.92 Å². The van der Waals surface area contributed by atoms with Crippen LogP contribution in [0.2, 0.25) is 0 Å². The van der Waals surface area contributed by atoms with Gasteiger partial charge < -0.3 is 19.7 Å². The second kappa shape index (κ2) is 6.78. The predicted molar refractivity (Wildman–Crippen MR) is 80.8 cm³/mol. The fourth-order valence-electron chi connectivity index (χ4n) is 2.08. The summed E-state index contributed by atoms with van der Waals surface area (Å²) >= 11 is 0. The quantitative estimate of drug-likeness (QED) is 0.799. The molecule has 23 heavy (non-hydrogen) atoms. The summed E-state index contributed by atoms with van der Waals surface area (Å²) in [6, 6.07) is 7.42. The van der Waals surface area contributed by atoms with Crippen molar-refractivity contribution in [1.29, 1.82) is 0 Å². The molecule has 0 bridgehead atoms. The second-order valence-electron chi connectivity index (χ2n) is 5.63. The van der Waals surface area contributed by atoms with Crippen LogP contribution in [0.1, 0.15) is 36.0 Å². The van der Waals surface area contributed by atoms with Crippen molar-refractivity contribution in [2.75, 3.05) is 6.61 Å². The molecule has 1 atom stereocenters. The molecule has 1 amide bonds. The Labute approximate surface area is 133 Å². The van der Waals surface area contributed by atoms with Gasteiger partial charge in [0.1, 0.15) is 12.4 Å². The molecule has 122 valence electrons. The van der Waals surface area contributed by atoms with E-state index in [-0.39, 0.29) is 13.2 Å². The van der Waals surface area contributed by atoms with Gasteiger partial charge in [0, 0.05) is 5.92 Å². The molecule has 2 aromatic rings. The zero-order chi connectivity index (χ0) is 16.2. The fraction of sp³-hybridized carbons (Fsp3) is 0.438. The summed E-state index contributed by atoms with van der Waals surface area (Å²) < 4.78 is 10.6. The number of ether oxygens (including phenoxy) is 1. The van der Waals surface area contributed by atoms with E-state index in [2.05, 4.69) is 15.5 Å². The summed E-state index contributed by atoms with van der Waals surface area (Å²) in [5, 5.41) is 16.2. The van der Waals surface area contributed by atoms with Gasteiger partial charge in [0.05, 0.1) is 6.54 Å². The fourth-order valence-corrected chi connectivity index (χ4v) is 2.08. The molecule has 3 rings (SSSR count). The van der Waals surface area contributed by atoms with Crippen molar-refractivity contribution in [1.82, 2.24) is 15.5 Å². The molecule has 2 N–H and O–H groups in total. The summed E-state index contributed by atoms with van der Waals surface area (Å²) in [6.45, 7) is 1.90. The lowest BCUT2D eigenvalue weighted by molar-refractivity contribution is -0.130. The largest absolute Gasteiger partial charge is 0.490 e. The van der Waals surface area contributed by atoms with E-state index in [9.17, 15) is 9.90 Å². The van der Waals surface area contributed by atoms with Gasteiger partial charge in [0.25, 0.3) is 5.91 Å². The maximum atomic E-state index is 11.8. The minimum atomic E-state index is -1.26. The van der Waals surface area contributed by atoms with E-state index < -0.39 is 12.0 Å². The summed E-state index contributed by atoms with van der Waals surface area (Å²) in [5.41, 5.74) is 0.944. The number of aliphatic hydroxyl groups is 1.